The predicted octanol–water partition coefficient (Wildman–Crippen LogP) is 1.74. The number of halogens is 1. The Labute approximate surface area is 118 Å². The molecule has 1 fully saturated rings. The third kappa shape index (κ3) is 4.54. The molecule has 0 spiro atoms. The number of rotatable bonds is 4. The molecule has 0 heterocycles. The molecule has 0 saturated heterocycles. The van der Waals surface area contributed by atoms with Gasteiger partial charge in [0.15, 0.2) is 0 Å². The fourth-order valence-corrected chi connectivity index (χ4v) is 1.48. The lowest BCUT2D eigenvalue weighted by Gasteiger charge is -2.09. The maximum absolute atomic E-state index is 11.5. The van der Waals surface area contributed by atoms with Crippen LogP contribution in [-0.2, 0) is 9.59 Å². The van der Waals surface area contributed by atoms with Gasteiger partial charge in [0.05, 0.1) is 6.04 Å². The SMILES string of the molecule is CC(N)C(=O)Nc1ccc(NC(=O)C2CC2)cc1.Cl. The summed E-state index contributed by atoms with van der Waals surface area (Å²) >= 11 is 0. The smallest absolute Gasteiger partial charge is 0.240 e. The molecular formula is C13H18ClN3O2. The van der Waals surface area contributed by atoms with Crippen molar-refractivity contribution in [2.45, 2.75) is 25.8 Å². The lowest BCUT2D eigenvalue weighted by molar-refractivity contribution is -0.118. The van der Waals surface area contributed by atoms with Crippen LogP contribution in [0.25, 0.3) is 0 Å². The molecule has 1 aromatic rings. The fourth-order valence-electron chi connectivity index (χ4n) is 1.48. The van der Waals surface area contributed by atoms with Gasteiger partial charge in [0.1, 0.15) is 0 Å². The van der Waals surface area contributed by atoms with Crippen molar-refractivity contribution in [2.24, 2.45) is 11.7 Å². The molecule has 1 aliphatic rings. The predicted molar refractivity (Wildman–Crippen MR) is 77.3 cm³/mol. The highest BCUT2D eigenvalue weighted by molar-refractivity contribution is 5.96. The fraction of sp³-hybridized carbons (Fsp3) is 0.385. The maximum Gasteiger partial charge on any atom is 0.240 e. The number of nitrogens with one attached hydrogen (secondary N) is 2. The second-order valence-electron chi connectivity index (χ2n) is 4.62. The van der Waals surface area contributed by atoms with Gasteiger partial charge in [0.2, 0.25) is 11.8 Å². The minimum atomic E-state index is -0.542. The van der Waals surface area contributed by atoms with Crippen molar-refractivity contribution in [1.29, 1.82) is 0 Å². The van der Waals surface area contributed by atoms with Gasteiger partial charge in [-0.25, -0.2) is 0 Å². The van der Waals surface area contributed by atoms with Gasteiger partial charge in [-0.2, -0.15) is 0 Å². The van der Waals surface area contributed by atoms with Crippen molar-refractivity contribution in [2.75, 3.05) is 10.6 Å². The summed E-state index contributed by atoms with van der Waals surface area (Å²) in [5.74, 6) is 0.0228. The van der Waals surface area contributed by atoms with E-state index in [2.05, 4.69) is 10.6 Å². The van der Waals surface area contributed by atoms with Crippen LogP contribution in [-0.4, -0.2) is 17.9 Å². The Morgan fingerprint density at radius 1 is 1.16 bits per heavy atom. The summed E-state index contributed by atoms with van der Waals surface area (Å²) < 4.78 is 0. The van der Waals surface area contributed by atoms with Gasteiger partial charge in [-0.05, 0) is 44.0 Å². The molecule has 19 heavy (non-hydrogen) atoms. The summed E-state index contributed by atoms with van der Waals surface area (Å²) in [7, 11) is 0. The maximum atomic E-state index is 11.5. The summed E-state index contributed by atoms with van der Waals surface area (Å²) in [4.78, 5) is 22.9. The zero-order valence-electron chi connectivity index (χ0n) is 10.7. The molecule has 1 unspecified atom stereocenters. The van der Waals surface area contributed by atoms with Crippen molar-refractivity contribution in [1.82, 2.24) is 0 Å². The van der Waals surface area contributed by atoms with Gasteiger partial charge in [-0.15, -0.1) is 12.4 Å². The molecule has 1 aromatic carbocycles. The normalized spacial score (nSPS) is 15.1. The summed E-state index contributed by atoms with van der Waals surface area (Å²) in [6.45, 7) is 1.62. The van der Waals surface area contributed by atoms with Gasteiger partial charge in [-0.3, -0.25) is 9.59 Å². The first kappa shape index (κ1) is 15.5. The molecule has 5 nitrogen and oxygen atoms in total. The molecule has 0 aliphatic heterocycles. The van der Waals surface area contributed by atoms with E-state index in [0.717, 1.165) is 18.5 Å². The van der Waals surface area contributed by atoms with E-state index in [1.54, 1.807) is 31.2 Å². The highest BCUT2D eigenvalue weighted by Crippen LogP contribution is 2.30. The number of benzene rings is 1. The minimum Gasteiger partial charge on any atom is -0.326 e. The van der Waals surface area contributed by atoms with E-state index in [-0.39, 0.29) is 30.1 Å². The quantitative estimate of drug-likeness (QED) is 0.787. The molecule has 104 valence electrons. The van der Waals surface area contributed by atoms with E-state index in [9.17, 15) is 9.59 Å². The average Bonchev–Trinajstić information content (AvgIpc) is 3.15. The molecule has 2 rings (SSSR count). The molecule has 0 radical (unpaired) electrons. The van der Waals surface area contributed by atoms with Crippen molar-refractivity contribution >= 4 is 35.6 Å². The monoisotopic (exact) mass is 283 g/mol. The Bertz CT molecular complexity index is 420. The van der Waals surface area contributed by atoms with Crippen molar-refractivity contribution in [3.8, 4) is 0 Å². The summed E-state index contributed by atoms with van der Waals surface area (Å²) in [5.41, 5.74) is 6.86. The summed E-state index contributed by atoms with van der Waals surface area (Å²) in [6.07, 6.45) is 1.96. The first-order valence-corrected chi connectivity index (χ1v) is 6.03. The van der Waals surface area contributed by atoms with Crippen LogP contribution in [0.3, 0.4) is 0 Å². The standard InChI is InChI=1S/C13H17N3O2.ClH/c1-8(14)12(17)15-10-4-6-11(7-5-10)16-13(18)9-2-3-9;/h4-9H,2-3,14H2,1H3,(H,15,17)(H,16,18);1H. The third-order valence-corrected chi connectivity index (χ3v) is 2.78. The van der Waals surface area contributed by atoms with Crippen LogP contribution in [0, 0.1) is 5.92 Å². The van der Waals surface area contributed by atoms with E-state index in [1.807, 2.05) is 0 Å². The number of carbonyl (C=O) groups excluding carboxylic acids is 2. The van der Waals surface area contributed by atoms with Crippen LogP contribution in [0.2, 0.25) is 0 Å². The first-order valence-electron chi connectivity index (χ1n) is 6.03. The van der Waals surface area contributed by atoms with Gasteiger partial charge >= 0.3 is 0 Å². The van der Waals surface area contributed by atoms with Crippen molar-refractivity contribution < 1.29 is 9.59 Å². The topological polar surface area (TPSA) is 84.2 Å². The summed E-state index contributed by atoms with van der Waals surface area (Å²) in [6, 6.07) is 6.46. The van der Waals surface area contributed by atoms with Gasteiger partial charge < -0.3 is 16.4 Å². The molecule has 1 aliphatic carbocycles. The van der Waals surface area contributed by atoms with Crippen LogP contribution in [0.1, 0.15) is 19.8 Å². The average molecular weight is 284 g/mol. The van der Waals surface area contributed by atoms with Gasteiger partial charge in [0.25, 0.3) is 0 Å². The van der Waals surface area contributed by atoms with Crippen LogP contribution in [0.15, 0.2) is 24.3 Å². The number of nitrogens with two attached hydrogens (primary N) is 1. The van der Waals surface area contributed by atoms with Crippen LogP contribution in [0.5, 0.6) is 0 Å². The number of carbonyl (C=O) groups is 2. The van der Waals surface area contributed by atoms with Crippen LogP contribution >= 0.6 is 12.4 Å². The Kier molecular flexibility index (Phi) is 5.32. The lowest BCUT2D eigenvalue weighted by atomic mass is 10.2. The third-order valence-electron chi connectivity index (χ3n) is 2.78. The Morgan fingerprint density at radius 3 is 2.05 bits per heavy atom. The lowest BCUT2D eigenvalue weighted by Crippen LogP contribution is -2.32. The molecule has 2 amide bonds. The number of hydrogen-bond acceptors (Lipinski definition) is 3. The van der Waals surface area contributed by atoms with Crippen LogP contribution in [0.4, 0.5) is 11.4 Å². The van der Waals surface area contributed by atoms with E-state index < -0.39 is 6.04 Å². The number of anilines is 2. The molecule has 0 aromatic heterocycles. The minimum absolute atomic E-state index is 0. The van der Waals surface area contributed by atoms with Crippen molar-refractivity contribution in [3.63, 3.8) is 0 Å². The largest absolute Gasteiger partial charge is 0.326 e. The van der Waals surface area contributed by atoms with Crippen LogP contribution < -0.4 is 16.4 Å². The zero-order valence-corrected chi connectivity index (χ0v) is 11.5. The molecule has 1 atom stereocenters. The Morgan fingerprint density at radius 2 is 1.63 bits per heavy atom. The van der Waals surface area contributed by atoms with E-state index in [1.165, 1.54) is 0 Å². The molecule has 1 saturated carbocycles. The van der Waals surface area contributed by atoms with E-state index >= 15 is 0 Å². The number of amides is 2. The van der Waals surface area contributed by atoms with Gasteiger partial charge in [-0.1, -0.05) is 0 Å². The number of hydrogen-bond donors (Lipinski definition) is 3. The van der Waals surface area contributed by atoms with Crippen molar-refractivity contribution in [3.05, 3.63) is 24.3 Å². The second-order valence-corrected chi connectivity index (χ2v) is 4.62. The van der Waals surface area contributed by atoms with Gasteiger partial charge in [0, 0.05) is 17.3 Å². The van der Waals surface area contributed by atoms with E-state index in [4.69, 9.17) is 5.73 Å². The highest BCUT2D eigenvalue weighted by Gasteiger charge is 2.29. The Hall–Kier alpha value is -1.59. The molecule has 6 heteroatoms. The highest BCUT2D eigenvalue weighted by atomic mass is 35.5. The molecule has 4 N–H and O–H groups in total. The first-order chi connectivity index (χ1) is 8.56. The molecule has 0 bridgehead atoms. The van der Waals surface area contributed by atoms with E-state index in [0.29, 0.717) is 5.69 Å². The zero-order chi connectivity index (χ0) is 13.1. The second kappa shape index (κ2) is 6.54. The summed E-state index contributed by atoms with van der Waals surface area (Å²) in [5, 5.41) is 5.51. The molecular weight excluding hydrogens is 266 g/mol. The Balaban J connectivity index is 0.00000180.